The Hall–Kier alpha value is -2.39. The fourth-order valence-corrected chi connectivity index (χ4v) is 67.5. The molecule has 4 aromatic rings. The molecule has 0 unspecified atom stereocenters. The van der Waals surface area contributed by atoms with E-state index < -0.39 is 99.7 Å². The third kappa shape index (κ3) is 26.3. The summed E-state index contributed by atoms with van der Waals surface area (Å²) in [7, 11) is -27.4. The van der Waals surface area contributed by atoms with Gasteiger partial charge in [0.05, 0.1) is 12.7 Å². The second kappa shape index (κ2) is 28.6. The largest absolute Gasteiger partial charge is 0.496 e. The van der Waals surface area contributed by atoms with Crippen LogP contribution in [-0.2, 0) is 54.0 Å². The van der Waals surface area contributed by atoms with Crippen molar-refractivity contribution >= 4 is 105 Å². The van der Waals surface area contributed by atoms with Gasteiger partial charge in [-0.15, -0.1) is 0 Å². The summed E-state index contributed by atoms with van der Waals surface area (Å²) in [5, 5.41) is 0. The summed E-state index contributed by atoms with van der Waals surface area (Å²) in [5.41, 5.74) is 3.19. The van der Waals surface area contributed by atoms with Crippen molar-refractivity contribution < 1.29 is 65.0 Å². The highest BCUT2D eigenvalue weighted by atomic mass is 28.5. The number of esters is 1. The van der Waals surface area contributed by atoms with Gasteiger partial charge in [-0.2, -0.15) is 0 Å². The van der Waals surface area contributed by atoms with Gasteiger partial charge >= 0.3 is 83.0 Å². The minimum Gasteiger partial charge on any atom is -0.496 e. The van der Waals surface area contributed by atoms with Crippen LogP contribution >= 0.6 is 0 Å². The number of ether oxygens (including phenoxy) is 3. The zero-order chi connectivity index (χ0) is 62.0. The Labute approximate surface area is 505 Å². The van der Waals surface area contributed by atoms with Crippen molar-refractivity contribution in [3.05, 3.63) is 119 Å². The van der Waals surface area contributed by atoms with Gasteiger partial charge in [-0.3, -0.25) is 4.79 Å². The van der Waals surface area contributed by atoms with Crippen LogP contribution in [0.3, 0.4) is 0 Å². The highest BCUT2D eigenvalue weighted by molar-refractivity contribution is 6.93. The first kappa shape index (κ1) is 72.1. The minimum absolute atomic E-state index is 0.0114. The van der Waals surface area contributed by atoms with Gasteiger partial charge in [-0.25, -0.2) is 4.79 Å². The van der Waals surface area contributed by atoms with Gasteiger partial charge in [-0.05, 0) is 261 Å². The summed E-state index contributed by atoms with van der Waals surface area (Å²) in [6, 6.07) is 31.5. The molecule has 0 saturated heterocycles. The second-order valence-electron chi connectivity index (χ2n) is 26.4. The first-order valence-corrected chi connectivity index (χ1v) is 60.2. The number of carbonyl (C=O) groups is 2. The normalized spacial score (nSPS) is 13.8. The van der Waals surface area contributed by atoms with Gasteiger partial charge in [0.25, 0.3) is 0 Å². The molecule has 0 spiro atoms. The number of para-hydroxylation sites is 2. The second-order valence-corrected chi connectivity index (χ2v) is 67.8. The van der Waals surface area contributed by atoms with Crippen LogP contribution in [0.1, 0.15) is 51.6 Å². The molecule has 0 radical (unpaired) electrons. The van der Waals surface area contributed by atoms with Crippen molar-refractivity contribution in [1.82, 2.24) is 0 Å². The molecule has 0 heterocycles. The van der Waals surface area contributed by atoms with E-state index in [-0.39, 0.29) is 5.78 Å². The standard InChI is InChI=1S/C56H100O15Si11/c1-47(57)48-37-41-52(42-38-48)60-53-43-39-51(40-44-53)56(58)61-55-36-28-26-32-50(55)34-30-46-73(5,6)63-75(9,10)65-77(13,14)67-79(17,18)69-81(21,22)71-82(23,24)70-80(19,20)68-78(15,16)66-76(11,12)64-74(7,8)62-72(3,4)45-29-33-49-31-25-27-35-54(49)59-2/h25-28,31-32,35-44H,29-30,33-34,45-46H2,1-24H3. The molecule has 0 aliphatic rings. The van der Waals surface area contributed by atoms with Gasteiger partial charge in [0.2, 0.25) is 0 Å². The molecule has 4 rings (SSSR count). The molecule has 0 aliphatic heterocycles. The van der Waals surface area contributed by atoms with E-state index in [1.54, 1.807) is 55.6 Å². The molecule has 0 saturated carbocycles. The van der Waals surface area contributed by atoms with E-state index in [0.717, 1.165) is 42.7 Å². The molecular weight excluding hydrogens is 1220 g/mol. The number of hydrogen-bond donors (Lipinski definition) is 0. The predicted molar refractivity (Wildman–Crippen MR) is 357 cm³/mol. The van der Waals surface area contributed by atoms with Crippen molar-refractivity contribution in [1.29, 1.82) is 0 Å². The zero-order valence-electron chi connectivity index (χ0n) is 54.1. The van der Waals surface area contributed by atoms with Crippen LogP contribution < -0.4 is 14.2 Å². The molecule has 82 heavy (non-hydrogen) atoms. The number of carbonyl (C=O) groups excluding carboxylic acids is 2. The topological polar surface area (TPSA) is 154 Å². The summed E-state index contributed by atoms with van der Waals surface area (Å²) in [6.45, 7) is 48.1. The quantitative estimate of drug-likeness (QED) is 0.0188. The van der Waals surface area contributed by atoms with Gasteiger partial charge < -0.3 is 55.4 Å². The summed E-state index contributed by atoms with van der Waals surface area (Å²) in [6.07, 6.45) is 3.53. The highest BCUT2D eigenvalue weighted by Gasteiger charge is 2.51. The predicted octanol–water partition coefficient (Wildman–Crippen LogP) is 16.4. The SMILES string of the molecule is COc1ccccc1CCC[Si](C)(C)O[Si](C)(C)O[Si](C)(C)O[Si](C)(C)O[Si](C)(C)O[Si](C)(C)O[Si](C)(C)O[Si](C)(C)O[Si](C)(C)O[Si](C)(C)O[Si](C)(C)CCCc1ccccc1OC(=O)c1ccc(Oc2ccc(C(C)=O)cc2)cc1. The molecule has 15 nitrogen and oxygen atoms in total. The Balaban J connectivity index is 1.25. The van der Waals surface area contributed by atoms with Crippen LogP contribution in [0.2, 0.25) is 156 Å². The first-order valence-electron chi connectivity index (χ1n) is 28.6. The smallest absolute Gasteiger partial charge is 0.343 e. The number of aryl methyl sites for hydroxylation is 2. The molecule has 0 aliphatic carbocycles. The van der Waals surface area contributed by atoms with Crippen LogP contribution in [0.4, 0.5) is 0 Å². The van der Waals surface area contributed by atoms with Gasteiger partial charge in [0.1, 0.15) is 23.0 Å². The van der Waals surface area contributed by atoms with E-state index in [9.17, 15) is 9.59 Å². The lowest BCUT2D eigenvalue weighted by molar-refractivity contribution is 0.0732. The van der Waals surface area contributed by atoms with E-state index in [0.29, 0.717) is 34.8 Å². The molecule has 458 valence electrons. The number of hydrogen-bond acceptors (Lipinski definition) is 15. The van der Waals surface area contributed by atoms with Gasteiger partial charge in [0, 0.05) is 5.56 Å². The van der Waals surface area contributed by atoms with Gasteiger partial charge in [-0.1, -0.05) is 36.4 Å². The summed E-state index contributed by atoms with van der Waals surface area (Å²) < 4.78 is 86.7. The number of benzene rings is 4. The fourth-order valence-electron chi connectivity index (χ4n) is 11.2. The molecule has 0 amide bonds. The summed E-state index contributed by atoms with van der Waals surface area (Å²) >= 11 is 0. The van der Waals surface area contributed by atoms with Crippen molar-refractivity contribution in [2.24, 2.45) is 0 Å². The summed E-state index contributed by atoms with van der Waals surface area (Å²) in [4.78, 5) is 25.0. The first-order chi connectivity index (χ1) is 37.3. The van der Waals surface area contributed by atoms with Crippen molar-refractivity contribution in [2.45, 2.75) is 189 Å². The minimum atomic E-state index is -2.83. The van der Waals surface area contributed by atoms with Crippen molar-refractivity contribution in [2.75, 3.05) is 7.11 Å². The maximum atomic E-state index is 13.3. The Morgan fingerprint density at radius 2 is 0.634 bits per heavy atom. The maximum absolute atomic E-state index is 13.3. The van der Waals surface area contributed by atoms with E-state index in [2.05, 4.69) is 156 Å². The Bertz CT molecular complexity index is 2720. The Kier molecular flexibility index (Phi) is 25.2. The third-order valence-corrected chi connectivity index (χ3v) is 55.3. The molecule has 0 N–H and O–H groups in total. The maximum Gasteiger partial charge on any atom is 0.343 e. The average Bonchev–Trinajstić information content (AvgIpc) is 3.49. The molecular formula is C56H100O15Si11. The Morgan fingerprint density at radius 3 is 0.951 bits per heavy atom. The fraction of sp³-hybridized carbons (Fsp3) is 0.536. The summed E-state index contributed by atoms with van der Waals surface area (Å²) in [5.74, 6) is 2.16. The number of methoxy groups -OCH3 is 1. The lowest BCUT2D eigenvalue weighted by atomic mass is 10.1. The molecule has 0 bridgehead atoms. The molecule has 0 aromatic heterocycles. The zero-order valence-corrected chi connectivity index (χ0v) is 65.1. The lowest BCUT2D eigenvalue weighted by Gasteiger charge is -2.45. The monoisotopic (exact) mass is 1320 g/mol. The van der Waals surface area contributed by atoms with Crippen LogP contribution in [0.5, 0.6) is 23.0 Å². The highest BCUT2D eigenvalue weighted by Crippen LogP contribution is 2.34. The van der Waals surface area contributed by atoms with Crippen LogP contribution in [0.25, 0.3) is 0 Å². The molecule has 26 heteroatoms. The van der Waals surface area contributed by atoms with E-state index >= 15 is 0 Å². The van der Waals surface area contributed by atoms with E-state index in [1.807, 2.05) is 36.4 Å². The number of rotatable bonds is 34. The number of Topliss-reactive ketones (excluding diaryl/α,β-unsaturated/α-hetero) is 1. The van der Waals surface area contributed by atoms with Crippen molar-refractivity contribution in [3.63, 3.8) is 0 Å². The van der Waals surface area contributed by atoms with Crippen LogP contribution in [0.15, 0.2) is 97.1 Å². The molecule has 4 aromatic carbocycles. The Morgan fingerprint density at radius 1 is 0.354 bits per heavy atom. The molecule has 0 fully saturated rings. The van der Waals surface area contributed by atoms with E-state index in [1.165, 1.54) is 12.5 Å². The average molecular weight is 1320 g/mol. The van der Waals surface area contributed by atoms with Crippen molar-refractivity contribution in [3.8, 4) is 23.0 Å². The van der Waals surface area contributed by atoms with Gasteiger partial charge in [0.15, 0.2) is 22.4 Å². The lowest BCUT2D eigenvalue weighted by Crippen LogP contribution is -2.62. The third-order valence-electron chi connectivity index (χ3n) is 12.4. The van der Waals surface area contributed by atoms with Crippen LogP contribution in [-0.4, -0.2) is 113 Å². The molecule has 0 atom stereocenters. The van der Waals surface area contributed by atoms with E-state index in [4.69, 9.17) is 55.4 Å². The van der Waals surface area contributed by atoms with Crippen LogP contribution in [0, 0.1) is 0 Å². The number of ketones is 1.